The first-order chi connectivity index (χ1) is 9.42. The third kappa shape index (κ3) is 4.96. The molecule has 3 N–H and O–H groups in total. The van der Waals surface area contributed by atoms with Crippen LogP contribution in [-0.2, 0) is 20.9 Å². The molecule has 1 rings (SSSR count). The normalized spacial score (nSPS) is 11.5. The zero-order chi connectivity index (χ0) is 15.1. The van der Waals surface area contributed by atoms with Gasteiger partial charge in [0.1, 0.15) is 12.6 Å². The number of hydrogen-bond acceptors (Lipinski definition) is 5. The molecular formula is C11H16N4O5. The highest BCUT2D eigenvalue weighted by molar-refractivity contribution is 5.92. The van der Waals surface area contributed by atoms with Crippen molar-refractivity contribution >= 4 is 23.7 Å². The number of hydrogen-bond donors (Lipinski definition) is 3. The summed E-state index contributed by atoms with van der Waals surface area (Å²) in [6, 6.07) is -1.40. The highest BCUT2D eigenvalue weighted by Gasteiger charge is 2.16. The molecule has 0 aliphatic carbocycles. The van der Waals surface area contributed by atoms with Gasteiger partial charge in [-0.25, -0.2) is 9.59 Å². The predicted molar refractivity (Wildman–Crippen MR) is 68.1 cm³/mol. The molecule has 0 saturated heterocycles. The van der Waals surface area contributed by atoms with Crippen molar-refractivity contribution < 1.29 is 24.2 Å². The summed E-state index contributed by atoms with van der Waals surface area (Å²) in [6.45, 7) is 3.09. The molecule has 0 fully saturated rings. The molecule has 0 radical (unpaired) electrons. The van der Waals surface area contributed by atoms with E-state index < -0.39 is 24.0 Å². The van der Waals surface area contributed by atoms with Crippen molar-refractivity contribution in [2.24, 2.45) is 0 Å². The van der Waals surface area contributed by atoms with Crippen molar-refractivity contribution in [2.75, 3.05) is 11.9 Å². The number of amides is 2. The fourth-order valence-electron chi connectivity index (χ4n) is 1.34. The summed E-state index contributed by atoms with van der Waals surface area (Å²) in [7, 11) is 0. The average molecular weight is 284 g/mol. The van der Waals surface area contributed by atoms with E-state index in [1.165, 1.54) is 19.3 Å². The third-order valence-corrected chi connectivity index (χ3v) is 2.18. The topological polar surface area (TPSA) is 123 Å². The predicted octanol–water partition coefficient (Wildman–Crippen LogP) is 0.0408. The molecule has 0 aromatic carbocycles. The van der Waals surface area contributed by atoms with E-state index in [2.05, 4.69) is 15.7 Å². The average Bonchev–Trinajstić information content (AvgIpc) is 2.75. The van der Waals surface area contributed by atoms with Gasteiger partial charge in [0.25, 0.3) is 0 Å². The molecule has 2 amide bonds. The van der Waals surface area contributed by atoms with Gasteiger partial charge in [0.2, 0.25) is 0 Å². The molecule has 9 heteroatoms. The van der Waals surface area contributed by atoms with E-state index in [0.29, 0.717) is 5.69 Å². The van der Waals surface area contributed by atoms with Crippen LogP contribution in [0.25, 0.3) is 0 Å². The minimum Gasteiger partial charge on any atom is -0.480 e. The molecule has 0 aliphatic heterocycles. The number of aliphatic carboxylic acids is 1. The number of carboxylic acids is 1. The first kappa shape index (κ1) is 15.5. The summed E-state index contributed by atoms with van der Waals surface area (Å²) in [5.41, 5.74) is 0.319. The number of carbonyl (C=O) groups is 3. The molecule has 0 aliphatic rings. The molecule has 0 spiro atoms. The third-order valence-electron chi connectivity index (χ3n) is 2.18. The molecule has 1 aromatic heterocycles. The smallest absolute Gasteiger partial charge is 0.328 e. The van der Waals surface area contributed by atoms with E-state index in [4.69, 9.17) is 9.84 Å². The van der Waals surface area contributed by atoms with Gasteiger partial charge in [-0.3, -0.25) is 9.48 Å². The lowest BCUT2D eigenvalue weighted by molar-refractivity contribution is -0.144. The lowest BCUT2D eigenvalue weighted by Crippen LogP contribution is -2.41. The van der Waals surface area contributed by atoms with E-state index in [1.807, 2.05) is 0 Å². The van der Waals surface area contributed by atoms with Crippen molar-refractivity contribution in [3.63, 3.8) is 0 Å². The molecular weight excluding hydrogens is 268 g/mol. The molecule has 1 unspecified atom stereocenters. The molecule has 20 heavy (non-hydrogen) atoms. The lowest BCUT2D eigenvalue weighted by Gasteiger charge is -2.12. The second kappa shape index (κ2) is 7.12. The number of esters is 1. The number of nitrogens with zero attached hydrogens (tertiary/aromatic N) is 2. The van der Waals surface area contributed by atoms with Crippen LogP contribution in [0.1, 0.15) is 13.8 Å². The summed E-state index contributed by atoms with van der Waals surface area (Å²) in [4.78, 5) is 33.4. The van der Waals surface area contributed by atoms with Gasteiger partial charge in [0, 0.05) is 6.20 Å². The summed E-state index contributed by atoms with van der Waals surface area (Å²) in [5, 5.41) is 17.1. The number of nitrogens with one attached hydrogen (secondary N) is 2. The zero-order valence-electron chi connectivity index (χ0n) is 11.1. The Balaban J connectivity index is 2.47. The van der Waals surface area contributed by atoms with Crippen LogP contribution >= 0.6 is 0 Å². The van der Waals surface area contributed by atoms with E-state index in [-0.39, 0.29) is 13.2 Å². The van der Waals surface area contributed by atoms with E-state index in [0.717, 1.165) is 4.68 Å². The summed E-state index contributed by atoms with van der Waals surface area (Å²) >= 11 is 0. The molecule has 9 nitrogen and oxygen atoms in total. The number of urea groups is 1. The van der Waals surface area contributed by atoms with Gasteiger partial charge in [0.05, 0.1) is 18.5 Å². The Morgan fingerprint density at radius 3 is 2.80 bits per heavy atom. The highest BCUT2D eigenvalue weighted by atomic mass is 16.5. The van der Waals surface area contributed by atoms with Crippen LogP contribution in [0.3, 0.4) is 0 Å². The van der Waals surface area contributed by atoms with Crippen LogP contribution in [0.15, 0.2) is 12.4 Å². The van der Waals surface area contributed by atoms with Crippen LogP contribution < -0.4 is 10.6 Å². The van der Waals surface area contributed by atoms with Gasteiger partial charge in [0.15, 0.2) is 0 Å². The van der Waals surface area contributed by atoms with Gasteiger partial charge < -0.3 is 20.5 Å². The van der Waals surface area contributed by atoms with Crippen molar-refractivity contribution in [3.8, 4) is 0 Å². The van der Waals surface area contributed by atoms with Gasteiger partial charge >= 0.3 is 18.0 Å². The Kier molecular flexibility index (Phi) is 5.51. The molecule has 1 heterocycles. The Morgan fingerprint density at radius 2 is 2.20 bits per heavy atom. The summed E-state index contributed by atoms with van der Waals surface area (Å²) in [5.74, 6) is -1.58. The summed E-state index contributed by atoms with van der Waals surface area (Å²) in [6.07, 6.45) is 2.67. The SMILES string of the molecule is CCOC(=O)C(C)NC(=O)Nc1cnn(CC(=O)O)c1. The molecule has 110 valence electrons. The lowest BCUT2D eigenvalue weighted by atomic mass is 10.3. The molecule has 1 aromatic rings. The minimum absolute atomic E-state index is 0.231. The number of aromatic nitrogens is 2. The standard InChI is InChI=1S/C11H16N4O5/c1-3-20-10(18)7(2)13-11(19)14-8-4-12-15(5-8)6-9(16)17/h4-5,7H,3,6H2,1-2H3,(H,16,17)(H2,13,14,19). The Hall–Kier alpha value is -2.58. The molecule has 1 atom stereocenters. The largest absolute Gasteiger partial charge is 0.480 e. The van der Waals surface area contributed by atoms with Crippen molar-refractivity contribution in [2.45, 2.75) is 26.4 Å². The summed E-state index contributed by atoms with van der Waals surface area (Å²) < 4.78 is 5.90. The number of carboxylic acid groups (broad SMARTS) is 1. The van der Waals surface area contributed by atoms with Gasteiger partial charge in [-0.1, -0.05) is 0 Å². The Labute approximate surface area is 114 Å². The van der Waals surface area contributed by atoms with Gasteiger partial charge in [-0.05, 0) is 13.8 Å². The second-order valence-electron chi connectivity index (χ2n) is 3.89. The number of carbonyl (C=O) groups excluding carboxylic acids is 2. The van der Waals surface area contributed by atoms with E-state index in [1.54, 1.807) is 6.92 Å². The quantitative estimate of drug-likeness (QED) is 0.634. The maximum atomic E-state index is 11.6. The minimum atomic E-state index is -1.04. The van der Waals surface area contributed by atoms with Crippen LogP contribution in [-0.4, -0.2) is 45.5 Å². The number of anilines is 1. The Bertz CT molecular complexity index is 499. The van der Waals surface area contributed by atoms with E-state index in [9.17, 15) is 14.4 Å². The van der Waals surface area contributed by atoms with Crippen LogP contribution in [0.5, 0.6) is 0 Å². The maximum absolute atomic E-state index is 11.6. The van der Waals surface area contributed by atoms with Crippen molar-refractivity contribution in [1.29, 1.82) is 0 Å². The second-order valence-corrected chi connectivity index (χ2v) is 3.89. The zero-order valence-corrected chi connectivity index (χ0v) is 11.1. The first-order valence-electron chi connectivity index (χ1n) is 5.90. The molecule has 0 saturated carbocycles. The fraction of sp³-hybridized carbons (Fsp3) is 0.455. The number of ether oxygens (including phenoxy) is 1. The highest BCUT2D eigenvalue weighted by Crippen LogP contribution is 2.04. The number of rotatable bonds is 6. The monoisotopic (exact) mass is 284 g/mol. The van der Waals surface area contributed by atoms with E-state index >= 15 is 0 Å². The van der Waals surface area contributed by atoms with Crippen LogP contribution in [0.4, 0.5) is 10.5 Å². The van der Waals surface area contributed by atoms with Crippen molar-refractivity contribution in [3.05, 3.63) is 12.4 Å². The van der Waals surface area contributed by atoms with Gasteiger partial charge in [-0.15, -0.1) is 0 Å². The van der Waals surface area contributed by atoms with Crippen LogP contribution in [0, 0.1) is 0 Å². The van der Waals surface area contributed by atoms with Crippen molar-refractivity contribution in [1.82, 2.24) is 15.1 Å². The Morgan fingerprint density at radius 1 is 1.50 bits per heavy atom. The molecule has 0 bridgehead atoms. The fourth-order valence-corrected chi connectivity index (χ4v) is 1.34. The van der Waals surface area contributed by atoms with Gasteiger partial charge in [-0.2, -0.15) is 5.10 Å². The van der Waals surface area contributed by atoms with Crippen LogP contribution in [0.2, 0.25) is 0 Å². The maximum Gasteiger partial charge on any atom is 0.328 e. The first-order valence-corrected chi connectivity index (χ1v) is 5.90.